The fraction of sp³-hybridized carbons (Fsp3) is 0.318. The molecule has 0 bridgehead atoms. The Bertz CT molecular complexity index is 1220. The molecule has 0 saturated heterocycles. The van der Waals surface area contributed by atoms with Crippen LogP contribution >= 0.6 is 7.82 Å². The number of ether oxygens (including phenoxy) is 5. The van der Waals surface area contributed by atoms with Crippen LogP contribution in [0.4, 0.5) is 26.3 Å². The van der Waals surface area contributed by atoms with Gasteiger partial charge < -0.3 is 43.5 Å². The number of carbonyl (C=O) groups excluding carboxylic acids is 1. The first kappa shape index (κ1) is 32.7. The fourth-order valence-electron chi connectivity index (χ4n) is 3.08. The number of cyclic esters (lactones) is 1. The Morgan fingerprint density at radius 3 is 1.65 bits per heavy atom. The summed E-state index contributed by atoms with van der Waals surface area (Å²) in [6, 6.07) is 10.2. The van der Waals surface area contributed by atoms with Crippen molar-refractivity contribution in [1.29, 1.82) is 0 Å². The number of alkyl halides is 6. The monoisotopic (exact) mass is 606 g/mol. The summed E-state index contributed by atoms with van der Waals surface area (Å²) in [5, 5.41) is 9.25. The smallest absolute Gasteiger partial charge is 0.485 e. The molecule has 0 amide bonds. The second kappa shape index (κ2) is 13.7. The van der Waals surface area contributed by atoms with E-state index in [1.165, 1.54) is 36.4 Å². The van der Waals surface area contributed by atoms with Gasteiger partial charge in [-0.3, -0.25) is 0 Å². The van der Waals surface area contributed by atoms with Gasteiger partial charge in [0.15, 0.2) is 11.9 Å². The number of aliphatic hydroxyl groups is 1. The van der Waals surface area contributed by atoms with Crippen molar-refractivity contribution in [2.75, 3.05) is 6.61 Å². The van der Waals surface area contributed by atoms with E-state index in [0.717, 1.165) is 12.1 Å². The van der Waals surface area contributed by atoms with E-state index >= 15 is 0 Å². The molecule has 1 heterocycles. The molecule has 1 aliphatic rings. The lowest BCUT2D eigenvalue weighted by molar-refractivity contribution is -0.276. The van der Waals surface area contributed by atoms with Gasteiger partial charge in [0.2, 0.25) is 5.76 Å². The van der Waals surface area contributed by atoms with Gasteiger partial charge in [-0.1, -0.05) is 36.4 Å². The number of para-hydroxylation sites is 2. The molecule has 0 aromatic heterocycles. The summed E-state index contributed by atoms with van der Waals surface area (Å²) in [5.74, 6) is -2.85. The van der Waals surface area contributed by atoms with Gasteiger partial charge >= 0.3 is 26.5 Å². The lowest BCUT2D eigenvalue weighted by atomic mass is 10.2. The molecule has 0 aliphatic carbocycles. The highest BCUT2D eigenvalue weighted by Crippen LogP contribution is 2.33. The predicted octanol–water partition coefficient (Wildman–Crippen LogP) is 3.81. The highest BCUT2D eigenvalue weighted by Gasteiger charge is 2.38. The second-order valence-corrected chi connectivity index (χ2v) is 8.53. The Morgan fingerprint density at radius 1 is 0.800 bits per heavy atom. The summed E-state index contributed by atoms with van der Waals surface area (Å²) in [6.07, 6.45) is -11.2. The minimum atomic E-state index is -4.96. The summed E-state index contributed by atoms with van der Waals surface area (Å²) in [7, 11) is -4.64. The molecular formula is C22H21F6O11P. The van der Waals surface area contributed by atoms with E-state index in [1.54, 1.807) is 0 Å². The van der Waals surface area contributed by atoms with E-state index in [0.29, 0.717) is 0 Å². The number of hydrogen-bond donors (Lipinski definition) is 4. The van der Waals surface area contributed by atoms with E-state index in [-0.39, 0.29) is 23.3 Å². The number of phosphoric acid groups is 1. The first-order chi connectivity index (χ1) is 18.5. The van der Waals surface area contributed by atoms with Crippen LogP contribution in [0.15, 0.2) is 60.0 Å². The fourth-order valence-corrected chi connectivity index (χ4v) is 3.08. The second-order valence-electron chi connectivity index (χ2n) is 7.50. The summed E-state index contributed by atoms with van der Waals surface area (Å²) in [4.78, 5) is 33.9. The number of hydrogen-bond acceptors (Lipinski definition) is 8. The van der Waals surface area contributed by atoms with Crippen LogP contribution in [0.25, 0.3) is 0 Å². The van der Waals surface area contributed by atoms with Gasteiger partial charge in [-0.2, -0.15) is 0 Å². The largest absolute Gasteiger partial charge is 0.573 e. The molecule has 2 aromatic carbocycles. The van der Waals surface area contributed by atoms with Crippen LogP contribution in [0, 0.1) is 0 Å². The van der Waals surface area contributed by atoms with Crippen LogP contribution < -0.4 is 9.47 Å². The molecule has 4 N–H and O–H groups in total. The van der Waals surface area contributed by atoms with E-state index in [2.05, 4.69) is 9.47 Å². The van der Waals surface area contributed by atoms with Gasteiger partial charge in [0.25, 0.3) is 0 Å². The zero-order chi connectivity index (χ0) is 30.1. The molecule has 40 heavy (non-hydrogen) atoms. The maximum Gasteiger partial charge on any atom is 0.573 e. The van der Waals surface area contributed by atoms with Gasteiger partial charge in [-0.05, 0) is 12.1 Å². The highest BCUT2D eigenvalue weighted by atomic mass is 31.2. The molecule has 18 heteroatoms. The Hall–Kier alpha value is -3.50. The van der Waals surface area contributed by atoms with Crippen molar-refractivity contribution in [3.05, 3.63) is 71.2 Å². The van der Waals surface area contributed by atoms with E-state index in [1.807, 2.05) is 0 Å². The average molecular weight is 606 g/mol. The van der Waals surface area contributed by atoms with Crippen molar-refractivity contribution >= 4 is 13.8 Å². The molecule has 1 atom stereocenters. The first-order valence-corrected chi connectivity index (χ1v) is 12.3. The van der Waals surface area contributed by atoms with Crippen LogP contribution in [0.3, 0.4) is 0 Å². The molecule has 0 saturated carbocycles. The van der Waals surface area contributed by atoms with E-state index < -0.39 is 69.7 Å². The molecule has 0 fully saturated rings. The van der Waals surface area contributed by atoms with Crippen LogP contribution in [0.2, 0.25) is 0 Å². The number of rotatable bonds is 10. The van der Waals surface area contributed by atoms with E-state index in [9.17, 15) is 36.2 Å². The highest BCUT2D eigenvalue weighted by molar-refractivity contribution is 7.45. The van der Waals surface area contributed by atoms with Crippen LogP contribution in [0.5, 0.6) is 11.5 Å². The Kier molecular flexibility index (Phi) is 11.2. The van der Waals surface area contributed by atoms with Crippen molar-refractivity contribution in [2.45, 2.75) is 38.5 Å². The van der Waals surface area contributed by atoms with Crippen molar-refractivity contribution in [2.24, 2.45) is 0 Å². The van der Waals surface area contributed by atoms with Gasteiger partial charge in [0.1, 0.15) is 24.7 Å². The molecule has 1 aliphatic heterocycles. The van der Waals surface area contributed by atoms with Crippen LogP contribution in [0.1, 0.15) is 17.5 Å². The zero-order valence-electron chi connectivity index (χ0n) is 19.9. The minimum Gasteiger partial charge on any atom is -0.485 e. The molecule has 11 nitrogen and oxygen atoms in total. The predicted molar refractivity (Wildman–Crippen MR) is 119 cm³/mol. The molecule has 0 spiro atoms. The van der Waals surface area contributed by atoms with Gasteiger partial charge in [-0.25, -0.2) is 9.36 Å². The third-order valence-electron chi connectivity index (χ3n) is 4.49. The average Bonchev–Trinajstić information content (AvgIpc) is 3.09. The Balaban J connectivity index is 0.00000103. The SMILES string of the molecule is O=C1OC(CCO)C(OCc2ccccc2OC(F)(F)F)=C1OCc1ccccc1OC(F)(F)F.O=P(O)(O)O. The molecule has 2 aromatic rings. The molecule has 222 valence electrons. The number of carbonyl (C=O) groups is 1. The molecule has 1 unspecified atom stereocenters. The molecular weight excluding hydrogens is 585 g/mol. The van der Waals surface area contributed by atoms with Crippen molar-refractivity contribution in [3.63, 3.8) is 0 Å². The maximum absolute atomic E-state index is 12.7. The standard InChI is InChI=1S/C22H18F6O7.H3O4P/c23-21(24,25)34-15-7-3-1-5-13(15)11-31-18-17(9-10-29)33-20(30)19(18)32-12-14-6-2-4-8-16(14)35-22(26,27)28;1-5(2,3)4/h1-8,17,29H,9-12H2;(H3,1,2,3,4). The quantitative estimate of drug-likeness (QED) is 0.177. The van der Waals surface area contributed by atoms with Crippen molar-refractivity contribution in [3.8, 4) is 11.5 Å². The van der Waals surface area contributed by atoms with Crippen LogP contribution in [-0.2, 0) is 36.8 Å². The van der Waals surface area contributed by atoms with Gasteiger partial charge in [0.05, 0.1) is 0 Å². The third kappa shape index (κ3) is 11.7. The number of halogens is 6. The lowest BCUT2D eigenvalue weighted by Crippen LogP contribution is -2.19. The molecule has 0 radical (unpaired) electrons. The van der Waals surface area contributed by atoms with Crippen molar-refractivity contribution < 1.29 is 79.2 Å². The van der Waals surface area contributed by atoms with Gasteiger partial charge in [-0.15, -0.1) is 26.3 Å². The zero-order valence-corrected chi connectivity index (χ0v) is 20.8. The lowest BCUT2D eigenvalue weighted by Gasteiger charge is -2.17. The normalized spacial score (nSPS) is 15.7. The van der Waals surface area contributed by atoms with Crippen LogP contribution in [-0.4, -0.2) is 51.2 Å². The third-order valence-corrected chi connectivity index (χ3v) is 4.49. The number of aliphatic hydroxyl groups excluding tert-OH is 1. The number of benzene rings is 2. The van der Waals surface area contributed by atoms with Crippen molar-refractivity contribution in [1.82, 2.24) is 0 Å². The number of esters is 1. The molecule has 3 rings (SSSR count). The van der Waals surface area contributed by atoms with E-state index in [4.69, 9.17) is 33.5 Å². The minimum absolute atomic E-state index is 0.0253. The summed E-state index contributed by atoms with van der Waals surface area (Å²) >= 11 is 0. The first-order valence-electron chi connectivity index (χ1n) is 10.7. The summed E-state index contributed by atoms with van der Waals surface area (Å²) < 4.78 is 109. The summed E-state index contributed by atoms with van der Waals surface area (Å²) in [6.45, 7) is -1.49. The maximum atomic E-state index is 12.7. The Morgan fingerprint density at radius 2 is 1.23 bits per heavy atom. The topological polar surface area (TPSA) is 161 Å². The Labute approximate surface area is 221 Å². The summed E-state index contributed by atoms with van der Waals surface area (Å²) in [5.41, 5.74) is -0.0818. The van der Waals surface area contributed by atoms with Gasteiger partial charge in [0, 0.05) is 24.2 Å².